The molecule has 1 fully saturated rings. The van der Waals surface area contributed by atoms with E-state index in [2.05, 4.69) is 11.6 Å². The molecule has 0 aliphatic carbocycles. The molecular weight excluding hydrogens is 246 g/mol. The smallest absolute Gasteiger partial charge is 0.329 e. The van der Waals surface area contributed by atoms with Crippen LogP contribution in [-0.2, 0) is 19.1 Å². The van der Waals surface area contributed by atoms with Gasteiger partial charge in [0.25, 0.3) is 5.79 Å². The van der Waals surface area contributed by atoms with Crippen LogP contribution in [0.3, 0.4) is 0 Å². The zero-order valence-corrected chi connectivity index (χ0v) is 11.3. The second-order valence-corrected chi connectivity index (χ2v) is 4.31. The predicted molar refractivity (Wildman–Crippen MR) is 71.3 cm³/mol. The van der Waals surface area contributed by atoms with E-state index in [1.165, 1.54) is 20.1 Å². The summed E-state index contributed by atoms with van der Waals surface area (Å²) in [7, 11) is 0. The molecule has 0 bridgehead atoms. The van der Waals surface area contributed by atoms with Crippen LogP contribution in [0.25, 0.3) is 0 Å². The van der Waals surface area contributed by atoms with Crippen molar-refractivity contribution < 1.29 is 19.1 Å². The van der Waals surface area contributed by atoms with E-state index in [4.69, 9.17) is 9.47 Å². The fourth-order valence-electron chi connectivity index (χ4n) is 1.39. The Kier molecular flexibility index (Phi) is 4.80. The first-order valence-electron chi connectivity index (χ1n) is 5.85. The van der Waals surface area contributed by atoms with Crippen LogP contribution in [0.2, 0.25) is 0 Å². The average molecular weight is 263 g/mol. The normalized spacial score (nSPS) is 20.7. The van der Waals surface area contributed by atoms with E-state index in [1.54, 1.807) is 31.2 Å². The Balaban J connectivity index is 2.82. The fourth-order valence-corrected chi connectivity index (χ4v) is 1.39. The van der Waals surface area contributed by atoms with Gasteiger partial charge in [-0.3, -0.25) is 14.6 Å². The van der Waals surface area contributed by atoms with Crippen molar-refractivity contribution in [1.29, 1.82) is 0 Å². The number of nitrogens with zero attached hydrogens (tertiary/aromatic N) is 1. The van der Waals surface area contributed by atoms with Gasteiger partial charge in [-0.25, -0.2) is 0 Å². The Morgan fingerprint density at radius 3 is 2.37 bits per heavy atom. The van der Waals surface area contributed by atoms with Gasteiger partial charge in [-0.15, -0.1) is 0 Å². The maximum Gasteiger partial charge on any atom is 0.329 e. The second kappa shape index (κ2) is 6.13. The zero-order chi connectivity index (χ0) is 14.5. The summed E-state index contributed by atoms with van der Waals surface area (Å²) < 4.78 is 9.95. The van der Waals surface area contributed by atoms with Gasteiger partial charge < -0.3 is 9.47 Å². The largest absolute Gasteiger partial charge is 0.422 e. The van der Waals surface area contributed by atoms with E-state index >= 15 is 0 Å². The van der Waals surface area contributed by atoms with Crippen molar-refractivity contribution in [3.8, 4) is 0 Å². The third kappa shape index (κ3) is 4.21. The molecule has 1 aliphatic rings. The lowest BCUT2D eigenvalue weighted by Gasteiger charge is -2.31. The molecule has 5 heteroatoms. The molecule has 0 spiro atoms. The highest BCUT2D eigenvalue weighted by molar-refractivity contribution is 6.10. The third-order valence-corrected chi connectivity index (χ3v) is 2.27. The number of allylic oxidation sites excluding steroid dienone is 4. The van der Waals surface area contributed by atoms with Crippen molar-refractivity contribution in [3.63, 3.8) is 0 Å². The molecule has 1 heterocycles. The highest BCUT2D eigenvalue weighted by Crippen LogP contribution is 2.22. The Labute approximate surface area is 112 Å². The fraction of sp³-hybridized carbons (Fsp3) is 0.357. The summed E-state index contributed by atoms with van der Waals surface area (Å²) in [6, 6.07) is 0. The Morgan fingerprint density at radius 2 is 1.89 bits per heavy atom. The van der Waals surface area contributed by atoms with Gasteiger partial charge in [-0.1, -0.05) is 24.8 Å². The molecule has 5 nitrogen and oxygen atoms in total. The third-order valence-electron chi connectivity index (χ3n) is 2.27. The summed E-state index contributed by atoms with van der Waals surface area (Å²) in [5.74, 6) is -3.66. The van der Waals surface area contributed by atoms with Gasteiger partial charge in [0, 0.05) is 20.1 Å². The lowest BCUT2D eigenvalue weighted by Crippen LogP contribution is -2.46. The van der Waals surface area contributed by atoms with Crippen LogP contribution in [0.4, 0.5) is 0 Å². The predicted octanol–water partition coefficient (Wildman–Crippen LogP) is 2.16. The van der Waals surface area contributed by atoms with Crippen molar-refractivity contribution in [2.75, 3.05) is 0 Å². The van der Waals surface area contributed by atoms with E-state index < -0.39 is 23.6 Å². The molecule has 1 rings (SSSR count). The van der Waals surface area contributed by atoms with Crippen LogP contribution in [0, 0.1) is 5.92 Å². The number of hydrogen-bond acceptors (Lipinski definition) is 5. The molecule has 0 aromatic rings. The molecular formula is C14H17NO4. The van der Waals surface area contributed by atoms with Crippen molar-refractivity contribution >= 4 is 18.2 Å². The maximum atomic E-state index is 11.7. The zero-order valence-electron chi connectivity index (χ0n) is 11.3. The summed E-state index contributed by atoms with van der Waals surface area (Å²) in [5.41, 5.74) is 0.602. The molecule has 1 saturated heterocycles. The van der Waals surface area contributed by atoms with Crippen LogP contribution in [0.15, 0.2) is 41.6 Å². The van der Waals surface area contributed by atoms with E-state index in [0.29, 0.717) is 5.70 Å². The monoisotopic (exact) mass is 263 g/mol. The van der Waals surface area contributed by atoms with E-state index in [-0.39, 0.29) is 0 Å². The van der Waals surface area contributed by atoms with Gasteiger partial charge in [0.1, 0.15) is 0 Å². The Hall–Kier alpha value is -2.17. The van der Waals surface area contributed by atoms with Crippen molar-refractivity contribution in [3.05, 3.63) is 36.6 Å². The first kappa shape index (κ1) is 14.9. The van der Waals surface area contributed by atoms with Crippen LogP contribution in [-0.4, -0.2) is 23.9 Å². The Morgan fingerprint density at radius 1 is 1.32 bits per heavy atom. The molecule has 102 valence electrons. The van der Waals surface area contributed by atoms with Crippen LogP contribution in [0.1, 0.15) is 20.8 Å². The minimum absolute atomic E-state index is 0.602. The van der Waals surface area contributed by atoms with Crippen LogP contribution >= 0.6 is 0 Å². The van der Waals surface area contributed by atoms with E-state index in [1.807, 2.05) is 0 Å². The van der Waals surface area contributed by atoms with Gasteiger partial charge in [0.05, 0.1) is 5.70 Å². The quantitative estimate of drug-likeness (QED) is 0.337. The molecule has 19 heavy (non-hydrogen) atoms. The van der Waals surface area contributed by atoms with Crippen molar-refractivity contribution in [1.82, 2.24) is 0 Å². The van der Waals surface area contributed by atoms with Gasteiger partial charge in [-0.2, -0.15) is 0 Å². The summed E-state index contributed by atoms with van der Waals surface area (Å²) in [4.78, 5) is 27.4. The number of carbonyl (C=O) groups is 2. The van der Waals surface area contributed by atoms with Gasteiger partial charge in [0.15, 0.2) is 5.92 Å². The molecule has 0 radical (unpaired) electrons. The number of aliphatic imine (C=N–C) groups is 1. The molecule has 0 amide bonds. The van der Waals surface area contributed by atoms with Gasteiger partial charge in [0.2, 0.25) is 0 Å². The number of ether oxygens (including phenoxy) is 2. The summed E-state index contributed by atoms with van der Waals surface area (Å²) >= 11 is 0. The first-order valence-corrected chi connectivity index (χ1v) is 5.85. The lowest BCUT2D eigenvalue weighted by atomic mass is 10.1. The van der Waals surface area contributed by atoms with Gasteiger partial charge >= 0.3 is 11.9 Å². The minimum atomic E-state index is -1.22. The number of cyclic esters (lactones) is 2. The lowest BCUT2D eigenvalue weighted by molar-refractivity contribution is -0.235. The molecule has 0 unspecified atom stereocenters. The first-order chi connectivity index (χ1) is 8.89. The highest BCUT2D eigenvalue weighted by atomic mass is 16.7. The maximum absolute atomic E-state index is 11.7. The average Bonchev–Trinajstić information content (AvgIpc) is 2.30. The second-order valence-electron chi connectivity index (χ2n) is 4.31. The van der Waals surface area contributed by atoms with Gasteiger partial charge in [-0.05, 0) is 13.0 Å². The molecule has 0 aromatic carbocycles. The number of esters is 2. The highest BCUT2D eigenvalue weighted by Gasteiger charge is 2.42. The summed E-state index contributed by atoms with van der Waals surface area (Å²) in [6.45, 7) is 8.34. The van der Waals surface area contributed by atoms with Crippen LogP contribution < -0.4 is 0 Å². The number of rotatable bonds is 4. The van der Waals surface area contributed by atoms with E-state index in [0.717, 1.165) is 0 Å². The topological polar surface area (TPSA) is 65.0 Å². The molecule has 0 N–H and O–H groups in total. The number of hydrogen-bond donors (Lipinski definition) is 0. The summed E-state index contributed by atoms with van der Waals surface area (Å²) in [5, 5.41) is 0. The standard InChI is InChI=1S/C14H17NO4/c1-5-7-8-10(6-2)15-9-11-12(16)18-14(3,4)19-13(11)17/h5-9,11H,1H2,2-4H3/b8-7-,10-6+,15-9?. The summed E-state index contributed by atoms with van der Waals surface area (Å²) in [6.07, 6.45) is 7.97. The SMILES string of the molecule is C=C/C=C\C(=C/C)N=CC1C(=O)OC(C)(C)OC1=O. The molecule has 0 aromatic heterocycles. The number of carbonyl (C=O) groups excluding carboxylic acids is 2. The molecule has 0 saturated carbocycles. The molecule has 1 aliphatic heterocycles. The molecule has 0 atom stereocenters. The minimum Gasteiger partial charge on any atom is -0.422 e. The van der Waals surface area contributed by atoms with Crippen LogP contribution in [0.5, 0.6) is 0 Å². The van der Waals surface area contributed by atoms with E-state index in [9.17, 15) is 9.59 Å². The Bertz CT molecular complexity index is 452. The van der Waals surface area contributed by atoms with Crippen molar-refractivity contribution in [2.45, 2.75) is 26.6 Å². The van der Waals surface area contributed by atoms with Crippen molar-refractivity contribution in [2.24, 2.45) is 10.9 Å².